The minimum Gasteiger partial charge on any atom is -0.448 e. The summed E-state index contributed by atoms with van der Waals surface area (Å²) in [6.45, 7) is 5.26. The summed E-state index contributed by atoms with van der Waals surface area (Å²) in [7, 11) is 0. The largest absolute Gasteiger partial charge is 0.448 e. The average molecular weight is 145 g/mol. The fourth-order valence-electron chi connectivity index (χ4n) is 0.875. The Hall–Kier alpha value is -0.730. The normalized spacial score (nSPS) is 17.1. The standard InChI is InChI=1S/C6H11NO2.CH4/c1-5(2)7-3-4-9-6(7)8;/h5H,3-4H2,1-2H3;1H4. The van der Waals surface area contributed by atoms with E-state index in [-0.39, 0.29) is 19.6 Å². The van der Waals surface area contributed by atoms with Gasteiger partial charge in [0.05, 0.1) is 6.54 Å². The first-order valence-electron chi connectivity index (χ1n) is 3.15. The zero-order valence-corrected chi connectivity index (χ0v) is 5.76. The Morgan fingerprint density at radius 3 is 2.40 bits per heavy atom. The van der Waals surface area contributed by atoms with Gasteiger partial charge in [-0.25, -0.2) is 4.79 Å². The van der Waals surface area contributed by atoms with Crippen LogP contribution in [0.15, 0.2) is 0 Å². The Balaban J connectivity index is 0.000000810. The zero-order valence-electron chi connectivity index (χ0n) is 5.76. The monoisotopic (exact) mass is 145 g/mol. The molecule has 1 aliphatic heterocycles. The number of rotatable bonds is 1. The second kappa shape index (κ2) is 3.44. The summed E-state index contributed by atoms with van der Waals surface area (Å²) in [5, 5.41) is 0. The van der Waals surface area contributed by atoms with E-state index in [9.17, 15) is 4.79 Å². The molecule has 1 fully saturated rings. The Labute approximate surface area is 62.0 Å². The third kappa shape index (κ3) is 1.62. The lowest BCUT2D eigenvalue weighted by Crippen LogP contribution is -2.31. The molecule has 60 valence electrons. The van der Waals surface area contributed by atoms with Crippen LogP contribution in [0.4, 0.5) is 4.79 Å². The summed E-state index contributed by atoms with van der Waals surface area (Å²) in [5.74, 6) is 0. The van der Waals surface area contributed by atoms with Gasteiger partial charge in [0.2, 0.25) is 0 Å². The molecule has 0 aliphatic carbocycles. The van der Waals surface area contributed by atoms with Crippen molar-refractivity contribution in [1.82, 2.24) is 4.90 Å². The van der Waals surface area contributed by atoms with E-state index in [1.807, 2.05) is 13.8 Å². The van der Waals surface area contributed by atoms with Crippen LogP contribution in [-0.2, 0) is 4.74 Å². The molecule has 1 amide bonds. The van der Waals surface area contributed by atoms with E-state index < -0.39 is 0 Å². The molecule has 1 rings (SSSR count). The molecule has 0 aromatic heterocycles. The van der Waals surface area contributed by atoms with Gasteiger partial charge in [-0.1, -0.05) is 7.43 Å². The molecule has 1 saturated heterocycles. The van der Waals surface area contributed by atoms with E-state index >= 15 is 0 Å². The second-order valence-electron chi connectivity index (χ2n) is 2.40. The highest BCUT2D eigenvalue weighted by molar-refractivity contribution is 5.69. The second-order valence-corrected chi connectivity index (χ2v) is 2.40. The minimum atomic E-state index is -0.176. The quantitative estimate of drug-likeness (QED) is 0.559. The highest BCUT2D eigenvalue weighted by Gasteiger charge is 2.23. The van der Waals surface area contributed by atoms with E-state index in [1.54, 1.807) is 4.90 Å². The number of hydrogen-bond donors (Lipinski definition) is 0. The lowest BCUT2D eigenvalue weighted by atomic mass is 10.3. The molecule has 0 bridgehead atoms. The van der Waals surface area contributed by atoms with Crippen LogP contribution >= 0.6 is 0 Å². The number of nitrogens with zero attached hydrogens (tertiary/aromatic N) is 1. The van der Waals surface area contributed by atoms with Gasteiger partial charge in [-0.2, -0.15) is 0 Å². The first-order chi connectivity index (χ1) is 4.22. The maximum atomic E-state index is 10.7. The van der Waals surface area contributed by atoms with Crippen LogP contribution in [0.1, 0.15) is 21.3 Å². The molecule has 0 atom stereocenters. The molecule has 0 saturated carbocycles. The maximum Gasteiger partial charge on any atom is 0.410 e. The predicted molar refractivity (Wildman–Crippen MR) is 39.9 cm³/mol. The van der Waals surface area contributed by atoms with E-state index in [4.69, 9.17) is 4.74 Å². The van der Waals surface area contributed by atoms with Crippen LogP contribution in [0.2, 0.25) is 0 Å². The van der Waals surface area contributed by atoms with Gasteiger partial charge in [0.1, 0.15) is 6.61 Å². The molecule has 1 heterocycles. The molecular weight excluding hydrogens is 130 g/mol. The molecule has 0 N–H and O–H groups in total. The molecule has 3 heteroatoms. The van der Waals surface area contributed by atoms with Crippen molar-refractivity contribution in [2.24, 2.45) is 0 Å². The van der Waals surface area contributed by atoms with Crippen LogP contribution in [0.3, 0.4) is 0 Å². The minimum absolute atomic E-state index is 0. The fraction of sp³-hybridized carbons (Fsp3) is 0.857. The van der Waals surface area contributed by atoms with E-state index in [0.717, 1.165) is 6.54 Å². The van der Waals surface area contributed by atoms with Crippen molar-refractivity contribution in [2.45, 2.75) is 27.3 Å². The zero-order chi connectivity index (χ0) is 6.85. The number of carbonyl (C=O) groups excluding carboxylic acids is 1. The van der Waals surface area contributed by atoms with Crippen molar-refractivity contribution in [3.63, 3.8) is 0 Å². The molecule has 0 aromatic rings. The van der Waals surface area contributed by atoms with E-state index in [2.05, 4.69) is 0 Å². The average Bonchev–Trinajstić information content (AvgIpc) is 2.13. The molecule has 3 nitrogen and oxygen atoms in total. The molecule has 0 spiro atoms. The van der Waals surface area contributed by atoms with Gasteiger partial charge in [-0.15, -0.1) is 0 Å². The maximum absolute atomic E-state index is 10.7. The van der Waals surface area contributed by atoms with Crippen molar-refractivity contribution < 1.29 is 9.53 Å². The Bertz CT molecular complexity index is 123. The summed E-state index contributed by atoms with van der Waals surface area (Å²) in [4.78, 5) is 12.4. The molecule has 10 heavy (non-hydrogen) atoms. The summed E-state index contributed by atoms with van der Waals surface area (Å²) in [5.41, 5.74) is 0. The lowest BCUT2D eigenvalue weighted by Gasteiger charge is -2.15. The third-order valence-electron chi connectivity index (χ3n) is 1.42. The van der Waals surface area contributed by atoms with Crippen molar-refractivity contribution in [2.75, 3.05) is 13.2 Å². The predicted octanol–water partition coefficient (Wildman–Crippen LogP) is 1.48. The lowest BCUT2D eigenvalue weighted by molar-refractivity contribution is 0.152. The molecule has 0 radical (unpaired) electrons. The van der Waals surface area contributed by atoms with Crippen molar-refractivity contribution in [1.29, 1.82) is 0 Å². The first-order valence-corrected chi connectivity index (χ1v) is 3.15. The summed E-state index contributed by atoms with van der Waals surface area (Å²) >= 11 is 0. The SMILES string of the molecule is C.CC(C)N1CCOC1=O. The van der Waals surface area contributed by atoms with Gasteiger partial charge >= 0.3 is 6.09 Å². The Kier molecular flexibility index (Phi) is 3.19. The van der Waals surface area contributed by atoms with Gasteiger partial charge in [-0.3, -0.25) is 0 Å². The van der Waals surface area contributed by atoms with Crippen LogP contribution < -0.4 is 0 Å². The van der Waals surface area contributed by atoms with Crippen molar-refractivity contribution >= 4 is 6.09 Å². The van der Waals surface area contributed by atoms with Crippen LogP contribution in [-0.4, -0.2) is 30.2 Å². The van der Waals surface area contributed by atoms with E-state index in [1.165, 1.54) is 0 Å². The molecule has 0 aromatic carbocycles. The van der Waals surface area contributed by atoms with Gasteiger partial charge < -0.3 is 9.64 Å². The highest BCUT2D eigenvalue weighted by Crippen LogP contribution is 2.06. The van der Waals surface area contributed by atoms with Crippen LogP contribution in [0, 0.1) is 0 Å². The fourth-order valence-corrected chi connectivity index (χ4v) is 0.875. The summed E-state index contributed by atoms with van der Waals surface area (Å²) in [6.07, 6.45) is -0.176. The summed E-state index contributed by atoms with van der Waals surface area (Å²) in [6, 6.07) is 0.278. The van der Waals surface area contributed by atoms with Gasteiger partial charge in [-0.05, 0) is 13.8 Å². The third-order valence-corrected chi connectivity index (χ3v) is 1.42. The Morgan fingerprint density at radius 2 is 2.20 bits per heavy atom. The number of ether oxygens (including phenoxy) is 1. The highest BCUT2D eigenvalue weighted by atomic mass is 16.6. The van der Waals surface area contributed by atoms with Gasteiger partial charge in [0.25, 0.3) is 0 Å². The molecule has 0 unspecified atom stereocenters. The van der Waals surface area contributed by atoms with E-state index in [0.29, 0.717) is 6.61 Å². The topological polar surface area (TPSA) is 29.5 Å². The molecule has 1 aliphatic rings. The first kappa shape index (κ1) is 9.27. The Morgan fingerprint density at radius 1 is 1.60 bits per heavy atom. The van der Waals surface area contributed by atoms with Crippen molar-refractivity contribution in [3.05, 3.63) is 0 Å². The van der Waals surface area contributed by atoms with Gasteiger partial charge in [0.15, 0.2) is 0 Å². The van der Waals surface area contributed by atoms with Crippen molar-refractivity contribution in [3.8, 4) is 0 Å². The number of cyclic esters (lactones) is 1. The number of amides is 1. The molecular formula is C7H15NO2. The number of hydrogen-bond acceptors (Lipinski definition) is 2. The summed E-state index contributed by atoms with van der Waals surface area (Å²) < 4.78 is 4.71. The van der Waals surface area contributed by atoms with Crippen LogP contribution in [0.25, 0.3) is 0 Å². The number of carbonyl (C=O) groups is 1. The van der Waals surface area contributed by atoms with Crippen LogP contribution in [0.5, 0.6) is 0 Å². The smallest absolute Gasteiger partial charge is 0.410 e. The van der Waals surface area contributed by atoms with Gasteiger partial charge in [0, 0.05) is 6.04 Å².